The molecule has 0 aromatic heterocycles. The van der Waals surface area contributed by atoms with E-state index in [9.17, 15) is 4.79 Å². The third-order valence-electron chi connectivity index (χ3n) is 3.11. The van der Waals surface area contributed by atoms with Gasteiger partial charge in [-0.2, -0.15) is 0 Å². The van der Waals surface area contributed by atoms with Gasteiger partial charge in [-0.15, -0.1) is 0 Å². The zero-order valence-electron chi connectivity index (χ0n) is 9.20. The lowest BCUT2D eigenvalue weighted by atomic mass is 9.93. The summed E-state index contributed by atoms with van der Waals surface area (Å²) in [4.78, 5) is 12.8. The van der Waals surface area contributed by atoms with E-state index in [-0.39, 0.29) is 0 Å². The number of carbonyl (C=O) groups is 1. The van der Waals surface area contributed by atoms with Crippen LogP contribution in [0.5, 0.6) is 0 Å². The quantitative estimate of drug-likeness (QED) is 0.752. The molecule has 0 aromatic rings. The van der Waals surface area contributed by atoms with Crippen molar-refractivity contribution in [1.82, 2.24) is 4.90 Å². The lowest BCUT2D eigenvalue weighted by Crippen LogP contribution is -2.40. The first kappa shape index (κ1) is 11.5. The summed E-state index contributed by atoms with van der Waals surface area (Å²) < 4.78 is 0. The summed E-state index contributed by atoms with van der Waals surface area (Å²) in [7, 11) is 0. The lowest BCUT2D eigenvalue weighted by Gasteiger charge is -2.36. The predicted octanol–water partition coefficient (Wildman–Crippen LogP) is 1.97. The molecular formula is C11H21NO2. The summed E-state index contributed by atoms with van der Waals surface area (Å²) in [6.45, 7) is 6.63. The second-order valence-corrected chi connectivity index (χ2v) is 4.51. The van der Waals surface area contributed by atoms with Crippen molar-refractivity contribution in [1.29, 1.82) is 0 Å². The number of aliphatic carboxylic acids is 1. The van der Waals surface area contributed by atoms with Gasteiger partial charge in [0.05, 0.1) is 0 Å². The zero-order chi connectivity index (χ0) is 10.6. The maximum absolute atomic E-state index is 10.4. The smallest absolute Gasteiger partial charge is 0.303 e. The molecular weight excluding hydrogens is 178 g/mol. The monoisotopic (exact) mass is 199 g/mol. The summed E-state index contributed by atoms with van der Waals surface area (Å²) in [5.41, 5.74) is 0. The molecule has 0 bridgehead atoms. The normalized spacial score (nSPS) is 29.0. The Morgan fingerprint density at radius 2 is 2.21 bits per heavy atom. The van der Waals surface area contributed by atoms with E-state index in [0.717, 1.165) is 25.4 Å². The molecule has 1 heterocycles. The first-order valence-corrected chi connectivity index (χ1v) is 5.55. The molecule has 82 valence electrons. The average Bonchev–Trinajstić information content (AvgIpc) is 2.08. The molecule has 3 heteroatoms. The predicted molar refractivity (Wildman–Crippen MR) is 56.3 cm³/mol. The highest BCUT2D eigenvalue weighted by atomic mass is 16.4. The molecule has 0 aliphatic carbocycles. The van der Waals surface area contributed by atoms with E-state index in [4.69, 9.17) is 5.11 Å². The third kappa shape index (κ3) is 3.66. The molecule has 0 spiro atoms. The molecule has 2 atom stereocenters. The maximum atomic E-state index is 10.4. The van der Waals surface area contributed by atoms with Crippen molar-refractivity contribution in [3.8, 4) is 0 Å². The van der Waals surface area contributed by atoms with Crippen LogP contribution in [-0.4, -0.2) is 35.1 Å². The van der Waals surface area contributed by atoms with Crippen LogP contribution in [0.15, 0.2) is 0 Å². The fourth-order valence-corrected chi connectivity index (χ4v) is 2.22. The number of carboxylic acids is 1. The standard InChI is InChI=1S/C11H21NO2/c1-9-5-7-12(10(2)8-9)6-3-4-11(13)14/h9-10H,3-8H2,1-2H3,(H,13,14). The Hall–Kier alpha value is -0.570. The molecule has 1 aliphatic rings. The number of carboxylic acid groups (broad SMARTS) is 1. The Morgan fingerprint density at radius 3 is 2.79 bits per heavy atom. The zero-order valence-corrected chi connectivity index (χ0v) is 9.20. The fraction of sp³-hybridized carbons (Fsp3) is 0.909. The number of rotatable bonds is 4. The summed E-state index contributed by atoms with van der Waals surface area (Å²) in [6.07, 6.45) is 3.61. The van der Waals surface area contributed by atoms with Crippen LogP contribution in [0.1, 0.15) is 39.5 Å². The van der Waals surface area contributed by atoms with Crippen LogP contribution in [0, 0.1) is 5.92 Å². The van der Waals surface area contributed by atoms with Gasteiger partial charge in [0.15, 0.2) is 0 Å². The number of likely N-dealkylation sites (tertiary alicyclic amines) is 1. The van der Waals surface area contributed by atoms with Crippen molar-refractivity contribution in [2.45, 2.75) is 45.6 Å². The van der Waals surface area contributed by atoms with Gasteiger partial charge >= 0.3 is 5.97 Å². The second-order valence-electron chi connectivity index (χ2n) is 4.51. The van der Waals surface area contributed by atoms with Gasteiger partial charge in [0, 0.05) is 12.5 Å². The molecule has 1 fully saturated rings. The van der Waals surface area contributed by atoms with Crippen molar-refractivity contribution in [2.75, 3.05) is 13.1 Å². The van der Waals surface area contributed by atoms with E-state index >= 15 is 0 Å². The van der Waals surface area contributed by atoms with E-state index in [1.807, 2.05) is 0 Å². The third-order valence-corrected chi connectivity index (χ3v) is 3.11. The Bertz CT molecular complexity index is 194. The topological polar surface area (TPSA) is 40.5 Å². The Morgan fingerprint density at radius 1 is 1.50 bits per heavy atom. The van der Waals surface area contributed by atoms with E-state index in [0.29, 0.717) is 12.5 Å². The molecule has 0 amide bonds. The minimum absolute atomic E-state index is 0.304. The van der Waals surface area contributed by atoms with E-state index in [1.54, 1.807) is 0 Å². The average molecular weight is 199 g/mol. The van der Waals surface area contributed by atoms with Gasteiger partial charge in [0.25, 0.3) is 0 Å². The summed E-state index contributed by atoms with van der Waals surface area (Å²) in [5, 5.41) is 8.53. The minimum Gasteiger partial charge on any atom is -0.481 e. The molecule has 1 aliphatic heterocycles. The van der Waals surface area contributed by atoms with Crippen LogP contribution in [0.25, 0.3) is 0 Å². The highest BCUT2D eigenvalue weighted by Crippen LogP contribution is 2.22. The SMILES string of the molecule is CC1CCN(CCCC(=O)O)C(C)C1. The molecule has 14 heavy (non-hydrogen) atoms. The van der Waals surface area contributed by atoms with Gasteiger partial charge < -0.3 is 10.0 Å². The van der Waals surface area contributed by atoms with Crippen molar-refractivity contribution in [3.63, 3.8) is 0 Å². The molecule has 0 radical (unpaired) electrons. The summed E-state index contributed by atoms with van der Waals surface area (Å²) in [5.74, 6) is 0.156. The first-order chi connectivity index (χ1) is 6.59. The van der Waals surface area contributed by atoms with Crippen molar-refractivity contribution >= 4 is 5.97 Å². The van der Waals surface area contributed by atoms with Gasteiger partial charge in [-0.05, 0) is 45.2 Å². The molecule has 1 rings (SSSR count). The Kier molecular flexibility index (Phi) is 4.39. The molecule has 1 N–H and O–H groups in total. The largest absolute Gasteiger partial charge is 0.481 e. The molecule has 1 saturated heterocycles. The van der Waals surface area contributed by atoms with Gasteiger partial charge in [-0.25, -0.2) is 0 Å². The van der Waals surface area contributed by atoms with Gasteiger partial charge in [0.2, 0.25) is 0 Å². The van der Waals surface area contributed by atoms with Gasteiger partial charge in [-0.3, -0.25) is 4.79 Å². The number of hydrogen-bond donors (Lipinski definition) is 1. The highest BCUT2D eigenvalue weighted by molar-refractivity contribution is 5.66. The van der Waals surface area contributed by atoms with Crippen LogP contribution in [-0.2, 0) is 4.79 Å². The molecule has 3 nitrogen and oxygen atoms in total. The molecule has 0 aromatic carbocycles. The van der Waals surface area contributed by atoms with E-state index < -0.39 is 5.97 Å². The van der Waals surface area contributed by atoms with Crippen LogP contribution in [0.2, 0.25) is 0 Å². The summed E-state index contributed by atoms with van der Waals surface area (Å²) >= 11 is 0. The molecule has 0 saturated carbocycles. The van der Waals surface area contributed by atoms with Crippen molar-refractivity contribution in [3.05, 3.63) is 0 Å². The minimum atomic E-state index is -0.678. The fourth-order valence-electron chi connectivity index (χ4n) is 2.22. The lowest BCUT2D eigenvalue weighted by molar-refractivity contribution is -0.137. The van der Waals surface area contributed by atoms with Crippen molar-refractivity contribution in [2.24, 2.45) is 5.92 Å². The number of hydrogen-bond acceptors (Lipinski definition) is 2. The van der Waals surface area contributed by atoms with Crippen LogP contribution >= 0.6 is 0 Å². The van der Waals surface area contributed by atoms with Crippen LogP contribution in [0.4, 0.5) is 0 Å². The number of piperidine rings is 1. The van der Waals surface area contributed by atoms with Gasteiger partial charge in [-0.1, -0.05) is 6.92 Å². The summed E-state index contributed by atoms with van der Waals surface area (Å²) in [6, 6.07) is 0.632. The van der Waals surface area contributed by atoms with E-state index in [1.165, 1.54) is 12.8 Å². The van der Waals surface area contributed by atoms with Crippen LogP contribution in [0.3, 0.4) is 0 Å². The first-order valence-electron chi connectivity index (χ1n) is 5.55. The maximum Gasteiger partial charge on any atom is 0.303 e. The second kappa shape index (κ2) is 5.35. The van der Waals surface area contributed by atoms with Crippen LogP contribution < -0.4 is 0 Å². The van der Waals surface area contributed by atoms with Crippen molar-refractivity contribution < 1.29 is 9.90 Å². The van der Waals surface area contributed by atoms with E-state index in [2.05, 4.69) is 18.7 Å². The van der Waals surface area contributed by atoms with Gasteiger partial charge in [0.1, 0.15) is 0 Å². The Labute approximate surface area is 86.1 Å². The highest BCUT2D eigenvalue weighted by Gasteiger charge is 2.22. The number of nitrogens with zero attached hydrogens (tertiary/aromatic N) is 1. The molecule has 2 unspecified atom stereocenters. The Balaban J connectivity index is 2.20.